The van der Waals surface area contributed by atoms with Crippen molar-refractivity contribution in [1.29, 1.82) is 0 Å². The third-order valence-corrected chi connectivity index (χ3v) is 4.02. The van der Waals surface area contributed by atoms with Gasteiger partial charge in [0.05, 0.1) is 5.69 Å². The number of nitrogens with one attached hydrogen (secondary N) is 1. The summed E-state index contributed by atoms with van der Waals surface area (Å²) in [6.45, 7) is 0.0987. The zero-order valence-electron chi connectivity index (χ0n) is 14.1. The zero-order chi connectivity index (χ0) is 19.2. The number of carbonyl (C=O) groups is 2. The minimum atomic E-state index is -0.700. The van der Waals surface area contributed by atoms with Crippen LogP contribution in [0.15, 0.2) is 72.8 Å². The van der Waals surface area contributed by atoms with E-state index in [0.717, 1.165) is 5.56 Å². The van der Waals surface area contributed by atoms with E-state index < -0.39 is 17.7 Å². The zero-order valence-corrected chi connectivity index (χ0v) is 14.9. The first-order valence-electron chi connectivity index (χ1n) is 8.10. The molecule has 3 aromatic rings. The Morgan fingerprint density at radius 3 is 2.37 bits per heavy atom. The minimum Gasteiger partial charge on any atom is -0.444 e. The molecule has 0 aromatic heterocycles. The molecule has 0 aliphatic heterocycles. The van der Waals surface area contributed by atoms with Gasteiger partial charge in [-0.05, 0) is 48.0 Å². The standard InChI is InChI=1S/C21H15ClFNO3/c22-16-8-11-19(24-21(26)27-13-14-4-2-1-3-5-14)18(12-16)20(25)15-6-9-17(23)10-7-15/h1-12H,13H2,(H,24,26). The van der Waals surface area contributed by atoms with Gasteiger partial charge in [0.15, 0.2) is 5.78 Å². The summed E-state index contributed by atoms with van der Waals surface area (Å²) in [4.78, 5) is 24.8. The Kier molecular flexibility index (Phi) is 5.84. The van der Waals surface area contributed by atoms with E-state index in [4.69, 9.17) is 16.3 Å². The molecular weight excluding hydrogens is 369 g/mol. The molecule has 0 saturated heterocycles. The SMILES string of the molecule is O=C(Nc1ccc(Cl)cc1C(=O)c1ccc(F)cc1)OCc1ccccc1. The molecule has 0 heterocycles. The molecule has 0 spiro atoms. The van der Waals surface area contributed by atoms with Gasteiger partial charge in [0.2, 0.25) is 0 Å². The smallest absolute Gasteiger partial charge is 0.411 e. The number of carbonyl (C=O) groups excluding carboxylic acids is 2. The number of amides is 1. The number of ketones is 1. The summed E-state index contributed by atoms with van der Waals surface area (Å²) in [5.74, 6) is -0.837. The second kappa shape index (κ2) is 8.47. The maximum absolute atomic E-state index is 13.1. The van der Waals surface area contributed by atoms with E-state index in [9.17, 15) is 14.0 Å². The van der Waals surface area contributed by atoms with Gasteiger partial charge in [-0.2, -0.15) is 0 Å². The lowest BCUT2D eigenvalue weighted by Gasteiger charge is -2.12. The Morgan fingerprint density at radius 1 is 0.963 bits per heavy atom. The number of hydrogen-bond donors (Lipinski definition) is 1. The van der Waals surface area contributed by atoms with Crippen molar-refractivity contribution < 1.29 is 18.7 Å². The van der Waals surface area contributed by atoms with Crippen LogP contribution in [0.3, 0.4) is 0 Å². The number of benzene rings is 3. The predicted octanol–water partition coefficient (Wildman–Crippen LogP) is 5.46. The molecular formula is C21H15ClFNO3. The topological polar surface area (TPSA) is 55.4 Å². The van der Waals surface area contributed by atoms with E-state index in [0.29, 0.717) is 5.02 Å². The molecule has 0 saturated carbocycles. The van der Waals surface area contributed by atoms with Crippen LogP contribution < -0.4 is 5.32 Å². The maximum Gasteiger partial charge on any atom is 0.411 e. The Hall–Kier alpha value is -3.18. The highest BCUT2D eigenvalue weighted by molar-refractivity contribution is 6.31. The quantitative estimate of drug-likeness (QED) is 0.595. The molecule has 4 nitrogen and oxygen atoms in total. The molecule has 0 unspecified atom stereocenters. The van der Waals surface area contributed by atoms with E-state index >= 15 is 0 Å². The highest BCUT2D eigenvalue weighted by Gasteiger charge is 2.17. The first-order chi connectivity index (χ1) is 13.0. The van der Waals surface area contributed by atoms with Crippen molar-refractivity contribution in [1.82, 2.24) is 0 Å². The van der Waals surface area contributed by atoms with Gasteiger partial charge in [-0.25, -0.2) is 9.18 Å². The molecule has 0 aliphatic carbocycles. The van der Waals surface area contributed by atoms with Crippen molar-refractivity contribution in [2.24, 2.45) is 0 Å². The van der Waals surface area contributed by atoms with E-state index in [-0.39, 0.29) is 23.4 Å². The molecule has 0 bridgehead atoms. The molecule has 3 aromatic carbocycles. The summed E-state index contributed by atoms with van der Waals surface area (Å²) in [7, 11) is 0. The van der Waals surface area contributed by atoms with Crippen LogP contribution in [0, 0.1) is 5.82 Å². The van der Waals surface area contributed by atoms with Gasteiger partial charge >= 0.3 is 6.09 Å². The molecule has 3 rings (SSSR count). The number of rotatable bonds is 5. The van der Waals surface area contributed by atoms with Crippen LogP contribution in [-0.2, 0) is 11.3 Å². The van der Waals surface area contributed by atoms with Crippen LogP contribution in [0.2, 0.25) is 5.02 Å². The van der Waals surface area contributed by atoms with Gasteiger partial charge in [0.25, 0.3) is 0 Å². The van der Waals surface area contributed by atoms with Crippen molar-refractivity contribution >= 4 is 29.2 Å². The monoisotopic (exact) mass is 383 g/mol. The van der Waals surface area contributed by atoms with Crippen molar-refractivity contribution in [2.45, 2.75) is 6.61 Å². The van der Waals surface area contributed by atoms with Gasteiger partial charge in [0.1, 0.15) is 12.4 Å². The lowest BCUT2D eigenvalue weighted by molar-refractivity contribution is 0.103. The van der Waals surface area contributed by atoms with Crippen LogP contribution in [0.4, 0.5) is 14.9 Å². The average molecular weight is 384 g/mol. The van der Waals surface area contributed by atoms with Crippen molar-refractivity contribution in [3.63, 3.8) is 0 Å². The van der Waals surface area contributed by atoms with E-state index in [1.54, 1.807) is 6.07 Å². The Labute approximate surface area is 160 Å². The molecule has 0 aliphatic rings. The number of anilines is 1. The lowest BCUT2D eigenvalue weighted by Crippen LogP contribution is -2.16. The second-order valence-electron chi connectivity index (χ2n) is 5.71. The summed E-state index contributed by atoms with van der Waals surface area (Å²) in [5.41, 5.74) is 1.56. The lowest BCUT2D eigenvalue weighted by atomic mass is 10.0. The Bertz CT molecular complexity index is 959. The summed E-state index contributed by atoms with van der Waals surface area (Å²) in [6, 6.07) is 18.9. The van der Waals surface area contributed by atoms with Crippen molar-refractivity contribution in [3.05, 3.63) is 100 Å². The normalized spacial score (nSPS) is 10.3. The highest BCUT2D eigenvalue weighted by atomic mass is 35.5. The molecule has 0 atom stereocenters. The van der Waals surface area contributed by atoms with Gasteiger partial charge in [0, 0.05) is 16.1 Å². The van der Waals surface area contributed by atoms with Crippen molar-refractivity contribution in [3.8, 4) is 0 Å². The van der Waals surface area contributed by atoms with Crippen LogP contribution in [0.5, 0.6) is 0 Å². The molecule has 0 fully saturated rings. The maximum atomic E-state index is 13.1. The van der Waals surface area contributed by atoms with Crippen LogP contribution >= 0.6 is 11.6 Å². The van der Waals surface area contributed by atoms with E-state index in [2.05, 4.69) is 5.32 Å². The Morgan fingerprint density at radius 2 is 1.67 bits per heavy atom. The molecule has 0 radical (unpaired) electrons. The third-order valence-electron chi connectivity index (χ3n) is 3.78. The summed E-state index contributed by atoms with van der Waals surface area (Å²) >= 11 is 6.00. The Balaban J connectivity index is 1.76. The van der Waals surface area contributed by atoms with Crippen LogP contribution in [0.1, 0.15) is 21.5 Å². The minimum absolute atomic E-state index is 0.0987. The van der Waals surface area contributed by atoms with E-state index in [1.807, 2.05) is 30.3 Å². The van der Waals surface area contributed by atoms with Crippen LogP contribution in [-0.4, -0.2) is 11.9 Å². The fourth-order valence-electron chi connectivity index (χ4n) is 2.44. The van der Waals surface area contributed by atoms with Crippen molar-refractivity contribution in [2.75, 3.05) is 5.32 Å². The third kappa shape index (κ3) is 4.92. The predicted molar refractivity (Wildman–Crippen MR) is 102 cm³/mol. The van der Waals surface area contributed by atoms with E-state index in [1.165, 1.54) is 36.4 Å². The average Bonchev–Trinajstić information content (AvgIpc) is 2.68. The van der Waals surface area contributed by atoms with Gasteiger partial charge in [-0.3, -0.25) is 10.1 Å². The molecule has 136 valence electrons. The van der Waals surface area contributed by atoms with Gasteiger partial charge in [-0.15, -0.1) is 0 Å². The number of ether oxygens (including phenoxy) is 1. The fourth-order valence-corrected chi connectivity index (χ4v) is 2.61. The van der Waals surface area contributed by atoms with Gasteiger partial charge < -0.3 is 4.74 Å². The molecule has 27 heavy (non-hydrogen) atoms. The highest BCUT2D eigenvalue weighted by Crippen LogP contribution is 2.24. The number of hydrogen-bond acceptors (Lipinski definition) is 3. The summed E-state index contributed by atoms with van der Waals surface area (Å²) in [6.07, 6.45) is -0.700. The number of halogens is 2. The van der Waals surface area contributed by atoms with Crippen LogP contribution in [0.25, 0.3) is 0 Å². The summed E-state index contributed by atoms with van der Waals surface area (Å²) in [5, 5.41) is 2.89. The molecule has 1 amide bonds. The fraction of sp³-hybridized carbons (Fsp3) is 0.0476. The summed E-state index contributed by atoms with van der Waals surface area (Å²) < 4.78 is 18.3. The largest absolute Gasteiger partial charge is 0.444 e. The molecule has 1 N–H and O–H groups in total. The van der Waals surface area contributed by atoms with Gasteiger partial charge in [-0.1, -0.05) is 41.9 Å². The first kappa shape index (κ1) is 18.6. The second-order valence-corrected chi connectivity index (χ2v) is 6.15. The first-order valence-corrected chi connectivity index (χ1v) is 8.48. The molecule has 6 heteroatoms.